The van der Waals surface area contributed by atoms with Crippen molar-refractivity contribution in [2.75, 3.05) is 27.9 Å². The van der Waals surface area contributed by atoms with Gasteiger partial charge in [0.2, 0.25) is 11.2 Å². The molecule has 0 bridgehead atoms. The number of H-pyrrole nitrogens is 1. The fourth-order valence-electron chi connectivity index (χ4n) is 4.36. The topological polar surface area (TPSA) is 112 Å². The van der Waals surface area contributed by atoms with Crippen LogP contribution in [0.15, 0.2) is 63.9 Å². The van der Waals surface area contributed by atoms with Gasteiger partial charge in [0, 0.05) is 47.9 Å². The molecule has 9 heteroatoms. The van der Waals surface area contributed by atoms with Crippen molar-refractivity contribution in [3.8, 4) is 51.3 Å². The van der Waals surface area contributed by atoms with Crippen molar-refractivity contribution < 1.29 is 23.7 Å². The predicted molar refractivity (Wildman–Crippen MR) is 140 cm³/mol. The molecule has 3 aromatic heterocycles. The minimum atomic E-state index is -0.531. The van der Waals surface area contributed by atoms with Gasteiger partial charge < -0.3 is 33.3 Å². The third-order valence-corrected chi connectivity index (χ3v) is 6.22. The van der Waals surface area contributed by atoms with Crippen molar-refractivity contribution in [1.82, 2.24) is 14.5 Å². The molecule has 0 aliphatic carbocycles. The second-order valence-electron chi connectivity index (χ2n) is 8.55. The zero-order valence-corrected chi connectivity index (χ0v) is 21.0. The molecule has 9 nitrogen and oxygen atoms in total. The Hall–Kier alpha value is -4.50. The third-order valence-electron chi connectivity index (χ3n) is 6.22. The lowest BCUT2D eigenvalue weighted by Crippen LogP contribution is -2.02. The Kier molecular flexibility index (Phi) is 6.45. The normalized spacial score (nSPS) is 11.2. The number of nitrogens with zero attached hydrogens (tertiary/aromatic N) is 2. The van der Waals surface area contributed by atoms with E-state index in [9.17, 15) is 9.90 Å². The number of fused-ring (bicyclic) bond motifs is 1. The van der Waals surface area contributed by atoms with Crippen LogP contribution in [0.1, 0.15) is 5.76 Å². The minimum absolute atomic E-state index is 0.0234. The number of rotatable bonds is 8. The van der Waals surface area contributed by atoms with Crippen LogP contribution in [0.2, 0.25) is 0 Å². The molecule has 0 unspecified atom stereocenters. The highest BCUT2D eigenvalue weighted by Gasteiger charge is 2.24. The molecule has 37 heavy (non-hydrogen) atoms. The van der Waals surface area contributed by atoms with E-state index in [1.165, 1.54) is 6.07 Å². The Morgan fingerprint density at radius 1 is 1.03 bits per heavy atom. The summed E-state index contributed by atoms with van der Waals surface area (Å²) in [6, 6.07) is 14.5. The number of hydrogen-bond acceptors (Lipinski definition) is 7. The quantitative estimate of drug-likeness (QED) is 0.308. The highest BCUT2D eigenvalue weighted by atomic mass is 16.5. The number of hydrogen-bond donors (Lipinski definition) is 2. The van der Waals surface area contributed by atoms with Crippen LogP contribution in [0.25, 0.3) is 45.0 Å². The number of nitrogens with one attached hydrogen (secondary N) is 1. The van der Waals surface area contributed by atoms with Crippen molar-refractivity contribution in [2.24, 2.45) is 0 Å². The number of ether oxygens (including phenoxy) is 3. The predicted octanol–water partition coefficient (Wildman–Crippen LogP) is 5.00. The van der Waals surface area contributed by atoms with Gasteiger partial charge in [-0.25, -0.2) is 4.98 Å². The molecule has 5 aromatic rings. The van der Waals surface area contributed by atoms with Gasteiger partial charge in [-0.15, -0.1) is 0 Å². The first-order valence-corrected chi connectivity index (χ1v) is 11.7. The molecule has 0 atom stereocenters. The highest BCUT2D eigenvalue weighted by Crippen LogP contribution is 2.39. The van der Waals surface area contributed by atoms with Crippen LogP contribution in [-0.2, 0) is 11.3 Å². The molecule has 0 amide bonds. The number of aromatic hydroxyl groups is 1. The van der Waals surface area contributed by atoms with E-state index in [2.05, 4.69) is 9.55 Å². The molecule has 0 saturated heterocycles. The molecule has 0 saturated carbocycles. The van der Waals surface area contributed by atoms with E-state index in [1.54, 1.807) is 28.3 Å². The van der Waals surface area contributed by atoms with Gasteiger partial charge in [-0.3, -0.25) is 4.79 Å². The van der Waals surface area contributed by atoms with Gasteiger partial charge in [-0.1, -0.05) is 0 Å². The van der Waals surface area contributed by atoms with Gasteiger partial charge >= 0.3 is 0 Å². The van der Waals surface area contributed by atoms with Crippen molar-refractivity contribution in [3.63, 3.8) is 0 Å². The zero-order chi connectivity index (χ0) is 26.1. The van der Waals surface area contributed by atoms with Gasteiger partial charge in [0.25, 0.3) is 0 Å². The molecular formula is C28H27N3O6. The Balaban J connectivity index is 1.76. The number of methoxy groups -OCH3 is 3. The van der Waals surface area contributed by atoms with Crippen LogP contribution in [0.4, 0.5) is 0 Å². The fraction of sp³-hybridized carbons (Fsp3) is 0.214. The average Bonchev–Trinajstić information content (AvgIpc) is 3.51. The summed E-state index contributed by atoms with van der Waals surface area (Å²) in [6.07, 6.45) is 2.00. The van der Waals surface area contributed by atoms with E-state index < -0.39 is 11.2 Å². The molecule has 2 N–H and O–H groups in total. The van der Waals surface area contributed by atoms with Crippen molar-refractivity contribution in [1.29, 1.82) is 0 Å². The van der Waals surface area contributed by atoms with Crippen molar-refractivity contribution >= 4 is 10.9 Å². The lowest BCUT2D eigenvalue weighted by Gasteiger charge is -2.06. The first kappa shape index (κ1) is 24.2. The summed E-state index contributed by atoms with van der Waals surface area (Å²) in [5, 5.41) is 11.6. The van der Waals surface area contributed by atoms with Gasteiger partial charge in [0.15, 0.2) is 5.76 Å². The molecule has 190 valence electrons. The number of aromatic amines is 1. The Morgan fingerprint density at radius 2 is 1.76 bits per heavy atom. The lowest BCUT2D eigenvalue weighted by molar-refractivity contribution is 0.188. The van der Waals surface area contributed by atoms with Gasteiger partial charge in [-0.2, -0.15) is 0 Å². The third kappa shape index (κ3) is 4.45. The molecule has 0 aliphatic rings. The molecule has 3 heterocycles. The highest BCUT2D eigenvalue weighted by molar-refractivity contribution is 5.96. The van der Waals surface area contributed by atoms with Crippen LogP contribution < -0.4 is 14.9 Å². The second-order valence-corrected chi connectivity index (χ2v) is 8.55. The van der Waals surface area contributed by atoms with E-state index in [1.807, 2.05) is 48.7 Å². The Labute approximate surface area is 212 Å². The van der Waals surface area contributed by atoms with E-state index in [0.29, 0.717) is 47.6 Å². The summed E-state index contributed by atoms with van der Waals surface area (Å²) >= 11 is 0. The summed E-state index contributed by atoms with van der Waals surface area (Å²) < 4.78 is 24.0. The Bertz CT molecular complexity index is 1630. The first-order chi connectivity index (χ1) is 17.9. The molecule has 0 radical (unpaired) electrons. The molecule has 5 rings (SSSR count). The molecule has 0 fully saturated rings. The van der Waals surface area contributed by atoms with Gasteiger partial charge in [-0.05, 0) is 49.4 Å². The SMILES string of the molecule is COCCn1cc(-c2nc(-c3ccc(OC)cc3)c(-c3oc(C)cc(=O)c3O)[nH]2)c2cc(OC)ccc21. The largest absolute Gasteiger partial charge is 0.501 e. The second kappa shape index (κ2) is 9.87. The zero-order valence-electron chi connectivity index (χ0n) is 21.0. The smallest absolute Gasteiger partial charge is 0.227 e. The van der Waals surface area contributed by atoms with Crippen LogP contribution in [0.5, 0.6) is 17.2 Å². The van der Waals surface area contributed by atoms with Crippen molar-refractivity contribution in [3.05, 3.63) is 70.7 Å². The first-order valence-electron chi connectivity index (χ1n) is 11.7. The summed E-state index contributed by atoms with van der Waals surface area (Å²) in [7, 11) is 4.88. The average molecular weight is 502 g/mol. The molecular weight excluding hydrogens is 474 g/mol. The fourth-order valence-corrected chi connectivity index (χ4v) is 4.36. The summed E-state index contributed by atoms with van der Waals surface area (Å²) in [5.74, 6) is 1.85. The molecule has 2 aromatic carbocycles. The van der Waals surface area contributed by atoms with Gasteiger partial charge in [0.1, 0.15) is 34.5 Å². The number of aryl methyl sites for hydroxylation is 1. The van der Waals surface area contributed by atoms with E-state index in [0.717, 1.165) is 22.0 Å². The van der Waals surface area contributed by atoms with Crippen LogP contribution in [0.3, 0.4) is 0 Å². The number of benzene rings is 2. The molecule has 0 spiro atoms. The standard InChI is InChI=1S/C28H27N3O6/c1-16-13-23(32)26(33)27(37-16)25-24(17-5-7-18(35-3)8-6-17)29-28(30-25)21-15-31(11-12-34-2)22-10-9-19(36-4)14-20(21)22/h5-10,13-15,33H,11-12H2,1-4H3,(H,29,30). The van der Waals surface area contributed by atoms with E-state index in [4.69, 9.17) is 23.6 Å². The van der Waals surface area contributed by atoms with Crippen LogP contribution >= 0.6 is 0 Å². The summed E-state index contributed by atoms with van der Waals surface area (Å²) in [5.41, 5.74) is 2.93. The number of imidazole rings is 1. The lowest BCUT2D eigenvalue weighted by atomic mass is 10.1. The summed E-state index contributed by atoms with van der Waals surface area (Å²) in [6.45, 7) is 2.84. The maximum atomic E-state index is 12.4. The number of aromatic nitrogens is 3. The minimum Gasteiger partial charge on any atom is -0.501 e. The van der Waals surface area contributed by atoms with Crippen LogP contribution in [0, 0.1) is 6.92 Å². The molecule has 0 aliphatic heterocycles. The monoisotopic (exact) mass is 501 g/mol. The van der Waals surface area contributed by atoms with E-state index >= 15 is 0 Å². The van der Waals surface area contributed by atoms with Gasteiger partial charge in [0.05, 0.1) is 20.8 Å². The van der Waals surface area contributed by atoms with E-state index in [-0.39, 0.29) is 5.76 Å². The van der Waals surface area contributed by atoms with Crippen molar-refractivity contribution in [2.45, 2.75) is 13.5 Å². The maximum absolute atomic E-state index is 12.4. The maximum Gasteiger partial charge on any atom is 0.227 e. The van der Waals surface area contributed by atoms with Crippen LogP contribution in [-0.4, -0.2) is 47.6 Å². The Morgan fingerprint density at radius 3 is 2.46 bits per heavy atom. The summed E-state index contributed by atoms with van der Waals surface area (Å²) in [4.78, 5) is 20.6.